The van der Waals surface area contributed by atoms with Gasteiger partial charge in [0.2, 0.25) is 0 Å². The molecule has 176 valence electrons. The molecule has 2 aromatic carbocycles. The average molecular weight is 479 g/mol. The summed E-state index contributed by atoms with van der Waals surface area (Å²) in [4.78, 5) is 31.9. The molecule has 0 bridgehead atoms. The fourth-order valence-electron chi connectivity index (χ4n) is 3.81. The van der Waals surface area contributed by atoms with Crippen molar-refractivity contribution in [2.45, 2.75) is 32.9 Å². The van der Waals surface area contributed by atoms with Gasteiger partial charge in [0.15, 0.2) is 4.80 Å². The normalized spacial score (nSPS) is 15.7. The number of benzene rings is 2. The highest BCUT2D eigenvalue weighted by Crippen LogP contribution is 2.31. The number of aromatic nitrogens is 1. The first-order valence-corrected chi connectivity index (χ1v) is 11.7. The first-order valence-electron chi connectivity index (χ1n) is 10.8. The zero-order valence-electron chi connectivity index (χ0n) is 19.7. The maximum absolute atomic E-state index is 13.6. The number of hydrogen-bond donors (Lipinski definition) is 0. The second-order valence-electron chi connectivity index (χ2n) is 8.08. The van der Waals surface area contributed by atoms with Gasteiger partial charge in [-0.25, -0.2) is 9.79 Å². The van der Waals surface area contributed by atoms with E-state index in [-0.39, 0.29) is 11.7 Å². The third-order valence-corrected chi connectivity index (χ3v) is 6.41. The van der Waals surface area contributed by atoms with Crippen molar-refractivity contribution < 1.29 is 19.0 Å². The number of allylic oxidation sites excluding steroid dienone is 1. The van der Waals surface area contributed by atoms with Gasteiger partial charge >= 0.3 is 5.97 Å². The number of thiazole rings is 1. The van der Waals surface area contributed by atoms with Gasteiger partial charge in [0.25, 0.3) is 5.56 Å². The van der Waals surface area contributed by atoms with E-state index in [2.05, 4.69) is 4.99 Å². The van der Waals surface area contributed by atoms with Crippen LogP contribution in [0.25, 0.3) is 6.08 Å². The van der Waals surface area contributed by atoms with Crippen LogP contribution < -0.4 is 24.4 Å². The Morgan fingerprint density at radius 1 is 1.03 bits per heavy atom. The predicted molar refractivity (Wildman–Crippen MR) is 131 cm³/mol. The monoisotopic (exact) mass is 478 g/mol. The lowest BCUT2D eigenvalue weighted by Gasteiger charge is -2.25. The number of rotatable bonds is 6. The lowest BCUT2D eigenvalue weighted by molar-refractivity contribution is -0.143. The summed E-state index contributed by atoms with van der Waals surface area (Å²) in [6.45, 7) is 5.36. The summed E-state index contributed by atoms with van der Waals surface area (Å²) in [5, 5.41) is 0. The SMILES string of the molecule is COc1ccc(/C=c2\sc3n(c2=O)C(c2ccc(OC)cc2)C(C(=O)OC(C)C)=C(C)N=3)cc1. The van der Waals surface area contributed by atoms with Crippen molar-refractivity contribution >= 4 is 23.4 Å². The quantitative estimate of drug-likeness (QED) is 0.509. The predicted octanol–water partition coefficient (Wildman–Crippen LogP) is 3.20. The van der Waals surface area contributed by atoms with Crippen molar-refractivity contribution in [1.82, 2.24) is 4.57 Å². The zero-order valence-corrected chi connectivity index (χ0v) is 20.5. The summed E-state index contributed by atoms with van der Waals surface area (Å²) in [7, 11) is 3.20. The molecule has 0 amide bonds. The Kier molecular flexibility index (Phi) is 6.70. The highest BCUT2D eigenvalue weighted by molar-refractivity contribution is 7.07. The van der Waals surface area contributed by atoms with Gasteiger partial charge in [0.1, 0.15) is 11.5 Å². The molecule has 0 radical (unpaired) electrons. The van der Waals surface area contributed by atoms with E-state index < -0.39 is 12.0 Å². The van der Waals surface area contributed by atoms with Gasteiger partial charge < -0.3 is 14.2 Å². The van der Waals surface area contributed by atoms with Crippen molar-refractivity contribution in [3.63, 3.8) is 0 Å². The summed E-state index contributed by atoms with van der Waals surface area (Å²) in [6, 6.07) is 14.1. The number of methoxy groups -OCH3 is 2. The van der Waals surface area contributed by atoms with Gasteiger partial charge in [-0.1, -0.05) is 35.6 Å². The van der Waals surface area contributed by atoms with Crippen LogP contribution in [0.15, 0.2) is 69.6 Å². The smallest absolute Gasteiger partial charge is 0.338 e. The summed E-state index contributed by atoms with van der Waals surface area (Å²) in [6.07, 6.45) is 1.52. The van der Waals surface area contributed by atoms with Gasteiger partial charge in [-0.3, -0.25) is 9.36 Å². The van der Waals surface area contributed by atoms with Crippen LogP contribution in [-0.2, 0) is 9.53 Å². The number of esters is 1. The summed E-state index contributed by atoms with van der Waals surface area (Å²) in [5.41, 5.74) is 2.29. The molecule has 1 atom stereocenters. The summed E-state index contributed by atoms with van der Waals surface area (Å²) >= 11 is 1.29. The van der Waals surface area contributed by atoms with Crippen LogP contribution in [0.3, 0.4) is 0 Å². The molecule has 4 rings (SSSR count). The summed E-state index contributed by atoms with van der Waals surface area (Å²) < 4.78 is 18.1. The van der Waals surface area contributed by atoms with E-state index in [1.165, 1.54) is 11.3 Å². The Bertz CT molecular complexity index is 1410. The Labute approximate surface area is 201 Å². The fraction of sp³-hybridized carbons (Fsp3) is 0.269. The van der Waals surface area contributed by atoms with Crippen molar-refractivity contribution in [2.24, 2.45) is 4.99 Å². The first-order chi connectivity index (χ1) is 16.3. The molecule has 0 saturated carbocycles. The average Bonchev–Trinajstić information content (AvgIpc) is 3.12. The molecule has 1 aliphatic rings. The minimum absolute atomic E-state index is 0.220. The van der Waals surface area contributed by atoms with E-state index in [9.17, 15) is 9.59 Å². The lowest BCUT2D eigenvalue weighted by atomic mass is 9.96. The van der Waals surface area contributed by atoms with Crippen molar-refractivity contribution in [3.8, 4) is 11.5 Å². The van der Waals surface area contributed by atoms with E-state index in [0.29, 0.717) is 26.4 Å². The van der Waals surface area contributed by atoms with E-state index in [4.69, 9.17) is 14.2 Å². The molecule has 7 nitrogen and oxygen atoms in total. The third kappa shape index (κ3) is 4.54. The van der Waals surface area contributed by atoms with Crippen molar-refractivity contribution in [2.75, 3.05) is 14.2 Å². The molecule has 0 aliphatic carbocycles. The second-order valence-corrected chi connectivity index (χ2v) is 9.09. The van der Waals surface area contributed by atoms with Gasteiger partial charge in [0.05, 0.1) is 42.2 Å². The van der Waals surface area contributed by atoms with Crippen molar-refractivity contribution in [1.29, 1.82) is 0 Å². The molecule has 34 heavy (non-hydrogen) atoms. The lowest BCUT2D eigenvalue weighted by Crippen LogP contribution is -2.40. The molecular weight excluding hydrogens is 452 g/mol. The Balaban J connectivity index is 1.90. The van der Waals surface area contributed by atoms with Crippen LogP contribution in [0.1, 0.15) is 37.9 Å². The van der Waals surface area contributed by atoms with Crippen LogP contribution in [0.2, 0.25) is 0 Å². The van der Waals surface area contributed by atoms with E-state index in [0.717, 1.165) is 16.9 Å². The van der Waals surface area contributed by atoms with E-state index >= 15 is 0 Å². The number of carbonyl (C=O) groups is 1. The van der Waals surface area contributed by atoms with E-state index in [1.54, 1.807) is 39.6 Å². The molecule has 0 fully saturated rings. The number of nitrogens with zero attached hydrogens (tertiary/aromatic N) is 2. The minimum Gasteiger partial charge on any atom is -0.497 e. The van der Waals surface area contributed by atoms with Crippen LogP contribution in [0.5, 0.6) is 11.5 Å². The molecular formula is C26H26N2O5S. The minimum atomic E-state index is -0.661. The standard InChI is InChI=1S/C26H26N2O5S/c1-15(2)33-25(30)22-16(3)27-26-28(23(22)18-8-12-20(32-5)13-9-18)24(29)21(34-26)14-17-6-10-19(31-4)11-7-17/h6-15,23H,1-5H3/b21-14-. The summed E-state index contributed by atoms with van der Waals surface area (Å²) in [5.74, 6) is 0.936. The van der Waals surface area contributed by atoms with Gasteiger partial charge in [-0.15, -0.1) is 0 Å². The first kappa shape index (κ1) is 23.5. The largest absolute Gasteiger partial charge is 0.497 e. The maximum Gasteiger partial charge on any atom is 0.338 e. The Morgan fingerprint density at radius 2 is 1.62 bits per heavy atom. The number of hydrogen-bond acceptors (Lipinski definition) is 7. The molecule has 8 heteroatoms. The second kappa shape index (κ2) is 9.69. The highest BCUT2D eigenvalue weighted by Gasteiger charge is 2.33. The van der Waals surface area contributed by atoms with Crippen LogP contribution in [0.4, 0.5) is 0 Å². The topological polar surface area (TPSA) is 79.1 Å². The molecule has 0 saturated heterocycles. The molecule has 1 unspecified atom stereocenters. The number of carbonyl (C=O) groups excluding carboxylic acids is 1. The van der Waals surface area contributed by atoms with Crippen LogP contribution >= 0.6 is 11.3 Å². The molecule has 3 aromatic rings. The third-order valence-electron chi connectivity index (χ3n) is 5.43. The Hall–Kier alpha value is -3.65. The maximum atomic E-state index is 13.6. The van der Waals surface area contributed by atoms with Crippen molar-refractivity contribution in [3.05, 3.63) is 90.6 Å². The Morgan fingerprint density at radius 3 is 2.18 bits per heavy atom. The highest BCUT2D eigenvalue weighted by atomic mass is 32.1. The number of ether oxygens (including phenoxy) is 3. The molecule has 0 N–H and O–H groups in total. The zero-order chi connectivity index (χ0) is 24.4. The van der Waals surface area contributed by atoms with Gasteiger partial charge in [0, 0.05) is 0 Å². The van der Waals surface area contributed by atoms with Crippen LogP contribution in [0, 0.1) is 0 Å². The van der Waals surface area contributed by atoms with Crippen LogP contribution in [-0.4, -0.2) is 30.9 Å². The molecule has 2 heterocycles. The fourth-order valence-corrected chi connectivity index (χ4v) is 4.86. The van der Waals surface area contributed by atoms with E-state index in [1.807, 2.05) is 54.6 Å². The molecule has 1 aliphatic heterocycles. The molecule has 1 aromatic heterocycles. The van der Waals surface area contributed by atoms with Gasteiger partial charge in [-0.05, 0) is 62.2 Å². The van der Waals surface area contributed by atoms with Gasteiger partial charge in [-0.2, -0.15) is 0 Å². The number of fused-ring (bicyclic) bond motifs is 1. The molecule has 0 spiro atoms.